The molecule has 2 aromatic rings. The summed E-state index contributed by atoms with van der Waals surface area (Å²) in [6.45, 7) is 6.92. The van der Waals surface area contributed by atoms with Gasteiger partial charge in [0, 0.05) is 23.3 Å². The maximum atomic E-state index is 12.0. The van der Waals surface area contributed by atoms with Crippen molar-refractivity contribution in [3.63, 3.8) is 0 Å². The molecule has 0 amide bonds. The lowest BCUT2D eigenvalue weighted by atomic mass is 10.0. The summed E-state index contributed by atoms with van der Waals surface area (Å²) < 4.78 is 9.56. The summed E-state index contributed by atoms with van der Waals surface area (Å²) in [5.41, 5.74) is 0.998. The summed E-state index contributed by atoms with van der Waals surface area (Å²) in [6, 6.07) is 14.4. The molecular formula is C22H27NO6. The normalized spacial score (nSPS) is 9.93. The van der Waals surface area contributed by atoms with Gasteiger partial charge in [0.05, 0.1) is 18.1 Å². The Labute approximate surface area is 170 Å². The molecule has 0 atom stereocenters. The number of hydrogen-bond donors (Lipinski definition) is 0. The minimum Gasteiger partial charge on any atom is -0.434 e. The van der Waals surface area contributed by atoms with E-state index in [0.717, 1.165) is 12.8 Å². The van der Waals surface area contributed by atoms with Crippen LogP contribution in [0.15, 0.2) is 54.6 Å². The van der Waals surface area contributed by atoms with Crippen molar-refractivity contribution in [2.75, 3.05) is 13.2 Å². The molecule has 0 spiro atoms. The smallest absolute Gasteiger partial charge is 0.434 e. The van der Waals surface area contributed by atoms with Crippen molar-refractivity contribution in [2.24, 2.45) is 5.92 Å². The first-order chi connectivity index (χ1) is 13.8. The maximum Gasteiger partial charge on any atom is 0.508 e. The van der Waals surface area contributed by atoms with Crippen molar-refractivity contribution in [2.45, 2.75) is 33.6 Å². The predicted molar refractivity (Wildman–Crippen MR) is 110 cm³/mol. The second-order valence-corrected chi connectivity index (χ2v) is 6.66. The Morgan fingerprint density at radius 2 is 1.55 bits per heavy atom. The van der Waals surface area contributed by atoms with E-state index < -0.39 is 11.1 Å². The van der Waals surface area contributed by atoms with Crippen molar-refractivity contribution >= 4 is 17.6 Å². The third-order valence-electron chi connectivity index (χ3n) is 3.63. The molecule has 0 aliphatic heterocycles. The largest absolute Gasteiger partial charge is 0.508 e. The number of ether oxygens (including phenoxy) is 2. The molecule has 7 heteroatoms. The molecular weight excluding hydrogens is 374 g/mol. The number of benzene rings is 2. The van der Waals surface area contributed by atoms with Crippen LogP contribution in [0.25, 0.3) is 0 Å². The van der Waals surface area contributed by atoms with Crippen LogP contribution < -0.4 is 0 Å². The number of carbonyl (C=O) groups is 2. The van der Waals surface area contributed by atoms with Crippen LogP contribution in [0, 0.1) is 16.0 Å². The average molecular weight is 401 g/mol. The molecule has 0 bridgehead atoms. The number of rotatable bonds is 8. The highest BCUT2D eigenvalue weighted by Crippen LogP contribution is 2.15. The molecule has 156 valence electrons. The van der Waals surface area contributed by atoms with Gasteiger partial charge in [0.1, 0.15) is 0 Å². The molecule has 2 aromatic carbocycles. The zero-order valence-corrected chi connectivity index (χ0v) is 17.0. The molecule has 0 unspecified atom stereocenters. The van der Waals surface area contributed by atoms with Gasteiger partial charge in [-0.1, -0.05) is 57.5 Å². The van der Waals surface area contributed by atoms with E-state index in [9.17, 15) is 19.7 Å². The molecule has 29 heavy (non-hydrogen) atoms. The number of nitro benzene ring substituents is 1. The van der Waals surface area contributed by atoms with E-state index in [0.29, 0.717) is 30.3 Å². The van der Waals surface area contributed by atoms with Crippen LogP contribution in [0.4, 0.5) is 10.5 Å². The lowest BCUT2D eigenvalue weighted by Gasteiger charge is -2.06. The monoisotopic (exact) mass is 401 g/mol. The van der Waals surface area contributed by atoms with Crippen molar-refractivity contribution in [3.05, 3.63) is 75.8 Å². The summed E-state index contributed by atoms with van der Waals surface area (Å²) in [5.74, 6) is 0.226. The molecule has 0 fully saturated rings. The second kappa shape index (κ2) is 13.0. The van der Waals surface area contributed by atoms with E-state index in [-0.39, 0.29) is 11.5 Å². The van der Waals surface area contributed by atoms with Crippen LogP contribution in [0.1, 0.15) is 49.5 Å². The van der Waals surface area contributed by atoms with Gasteiger partial charge in [-0.05, 0) is 24.5 Å². The van der Waals surface area contributed by atoms with Crippen LogP contribution in [-0.4, -0.2) is 30.1 Å². The number of unbranched alkanes of at least 4 members (excludes halogenated alkanes) is 1. The van der Waals surface area contributed by atoms with Crippen molar-refractivity contribution < 1.29 is 24.0 Å². The molecule has 0 saturated carbocycles. The fourth-order valence-electron chi connectivity index (χ4n) is 2.07. The molecule has 0 saturated heterocycles. The third kappa shape index (κ3) is 9.51. The van der Waals surface area contributed by atoms with Crippen LogP contribution in [0.2, 0.25) is 0 Å². The van der Waals surface area contributed by atoms with E-state index in [1.165, 1.54) is 24.3 Å². The maximum absolute atomic E-state index is 12.0. The number of nitrogens with zero attached hydrogens (tertiary/aromatic N) is 1. The topological polar surface area (TPSA) is 95.7 Å². The Bertz CT molecular complexity index is 772. The van der Waals surface area contributed by atoms with Crippen LogP contribution in [-0.2, 0) is 9.47 Å². The molecule has 7 nitrogen and oxygen atoms in total. The Hall–Kier alpha value is -3.22. The van der Waals surface area contributed by atoms with Crippen LogP contribution in [0.3, 0.4) is 0 Å². The van der Waals surface area contributed by atoms with Gasteiger partial charge in [0.25, 0.3) is 5.69 Å². The van der Waals surface area contributed by atoms with Gasteiger partial charge in [-0.3, -0.25) is 14.9 Å². The predicted octanol–water partition coefficient (Wildman–Crippen LogP) is 5.42. The van der Waals surface area contributed by atoms with Crippen molar-refractivity contribution in [1.29, 1.82) is 0 Å². The average Bonchev–Trinajstić information content (AvgIpc) is 2.73. The summed E-state index contributed by atoms with van der Waals surface area (Å²) in [7, 11) is 0. The number of hydrogen-bond acceptors (Lipinski definition) is 6. The van der Waals surface area contributed by atoms with Crippen molar-refractivity contribution in [3.8, 4) is 0 Å². The molecule has 0 aliphatic rings. The summed E-state index contributed by atoms with van der Waals surface area (Å²) >= 11 is 0. The lowest BCUT2D eigenvalue weighted by Crippen LogP contribution is -2.12. The molecule has 0 heterocycles. The van der Waals surface area contributed by atoms with Gasteiger partial charge in [-0.2, -0.15) is 0 Å². The van der Waals surface area contributed by atoms with Gasteiger partial charge in [-0.25, -0.2) is 4.79 Å². The summed E-state index contributed by atoms with van der Waals surface area (Å²) in [5, 5.41) is 10.5. The Morgan fingerprint density at radius 1 is 0.966 bits per heavy atom. The van der Waals surface area contributed by atoms with Gasteiger partial charge >= 0.3 is 6.16 Å². The third-order valence-corrected chi connectivity index (χ3v) is 3.63. The van der Waals surface area contributed by atoms with Crippen LogP contribution in [0.5, 0.6) is 0 Å². The summed E-state index contributed by atoms with van der Waals surface area (Å²) in [6.07, 6.45) is 1.38. The minimum absolute atomic E-state index is 0.0189. The molecule has 0 radical (unpaired) electrons. The van der Waals surface area contributed by atoms with Gasteiger partial charge in [0.2, 0.25) is 0 Å². The SMILES string of the molecule is CCCCOC(=O)OCC(C)C.O=C(c1ccccc1)c1ccc([N+](=O)[O-])cc1. The number of carbonyl (C=O) groups excluding carboxylic acids is 2. The molecule has 0 aromatic heterocycles. The molecule has 2 rings (SSSR count). The standard InChI is InChI=1S/C13H9NO3.C9H18O3/c15-13(10-4-2-1-3-5-10)11-6-8-12(9-7-11)14(16)17;1-4-5-6-11-9(10)12-7-8(2)3/h1-9H;8H,4-7H2,1-3H3. The van der Waals surface area contributed by atoms with Gasteiger partial charge in [0.15, 0.2) is 5.78 Å². The quantitative estimate of drug-likeness (QED) is 0.193. The highest BCUT2D eigenvalue weighted by Gasteiger charge is 2.10. The Balaban J connectivity index is 0.000000311. The molecule has 0 N–H and O–H groups in total. The van der Waals surface area contributed by atoms with Crippen LogP contribution >= 0.6 is 0 Å². The minimum atomic E-state index is -0.544. The zero-order chi connectivity index (χ0) is 21.6. The van der Waals surface area contributed by atoms with E-state index in [1.807, 2.05) is 26.8 Å². The van der Waals surface area contributed by atoms with E-state index in [4.69, 9.17) is 9.47 Å². The van der Waals surface area contributed by atoms with Gasteiger partial charge < -0.3 is 9.47 Å². The van der Waals surface area contributed by atoms with Crippen molar-refractivity contribution in [1.82, 2.24) is 0 Å². The number of non-ortho nitro benzene ring substituents is 1. The fraction of sp³-hybridized carbons (Fsp3) is 0.364. The first-order valence-electron chi connectivity index (χ1n) is 9.48. The first kappa shape index (κ1) is 23.8. The Kier molecular flexibility index (Phi) is 10.7. The van der Waals surface area contributed by atoms with E-state index >= 15 is 0 Å². The number of nitro groups is 1. The van der Waals surface area contributed by atoms with E-state index in [1.54, 1.807) is 24.3 Å². The fourth-order valence-corrected chi connectivity index (χ4v) is 2.07. The lowest BCUT2D eigenvalue weighted by molar-refractivity contribution is -0.384. The summed E-state index contributed by atoms with van der Waals surface area (Å²) in [4.78, 5) is 32.7. The number of ketones is 1. The highest BCUT2D eigenvalue weighted by molar-refractivity contribution is 6.09. The first-order valence-corrected chi connectivity index (χ1v) is 9.48. The molecule has 0 aliphatic carbocycles. The highest BCUT2D eigenvalue weighted by atomic mass is 16.7. The van der Waals surface area contributed by atoms with E-state index in [2.05, 4.69) is 0 Å². The Morgan fingerprint density at radius 3 is 2.07 bits per heavy atom. The van der Waals surface area contributed by atoms with Gasteiger partial charge in [-0.15, -0.1) is 0 Å². The second-order valence-electron chi connectivity index (χ2n) is 6.66. The zero-order valence-electron chi connectivity index (χ0n) is 17.0.